The van der Waals surface area contributed by atoms with E-state index in [1.165, 1.54) is 10.5 Å². The Morgan fingerprint density at radius 3 is 3.06 bits per heavy atom. The maximum absolute atomic E-state index is 5.80. The standard InChI is InChI=1S/C13H16ClNS/c1-9(14)8-15-12-7-10(2)16-13-6-4-3-5-11(12)13/h3-6,10,12,15H,1,7-8H2,2H3. The van der Waals surface area contributed by atoms with Gasteiger partial charge >= 0.3 is 0 Å². The topological polar surface area (TPSA) is 12.0 Å². The highest BCUT2D eigenvalue weighted by atomic mass is 35.5. The zero-order chi connectivity index (χ0) is 11.5. The van der Waals surface area contributed by atoms with Crippen LogP contribution in [0.1, 0.15) is 24.9 Å². The SMILES string of the molecule is C=C(Cl)CNC1CC(C)Sc2ccccc21. The van der Waals surface area contributed by atoms with Crippen molar-refractivity contribution >= 4 is 23.4 Å². The van der Waals surface area contributed by atoms with Crippen LogP contribution in [0, 0.1) is 0 Å². The molecule has 16 heavy (non-hydrogen) atoms. The number of thioether (sulfide) groups is 1. The average Bonchev–Trinajstić information content (AvgIpc) is 2.25. The molecular weight excluding hydrogens is 238 g/mol. The molecule has 0 amide bonds. The van der Waals surface area contributed by atoms with Crippen molar-refractivity contribution in [1.29, 1.82) is 0 Å². The van der Waals surface area contributed by atoms with Crippen molar-refractivity contribution in [3.63, 3.8) is 0 Å². The summed E-state index contributed by atoms with van der Waals surface area (Å²) < 4.78 is 0. The second-order valence-corrected chi connectivity index (χ2v) is 6.17. The zero-order valence-electron chi connectivity index (χ0n) is 9.37. The fraction of sp³-hybridized carbons (Fsp3) is 0.385. The predicted molar refractivity (Wildman–Crippen MR) is 72.1 cm³/mol. The summed E-state index contributed by atoms with van der Waals surface area (Å²) in [6.45, 7) is 6.66. The van der Waals surface area contributed by atoms with Gasteiger partial charge in [0.15, 0.2) is 0 Å². The van der Waals surface area contributed by atoms with E-state index in [9.17, 15) is 0 Å². The molecule has 0 fully saturated rings. The summed E-state index contributed by atoms with van der Waals surface area (Å²) in [5.74, 6) is 0. The smallest absolute Gasteiger partial charge is 0.0345 e. The maximum atomic E-state index is 5.80. The van der Waals surface area contributed by atoms with Crippen LogP contribution in [-0.4, -0.2) is 11.8 Å². The van der Waals surface area contributed by atoms with Gasteiger partial charge in [-0.1, -0.05) is 43.3 Å². The summed E-state index contributed by atoms with van der Waals surface area (Å²) in [6.07, 6.45) is 1.14. The van der Waals surface area contributed by atoms with E-state index in [0.29, 0.717) is 22.9 Å². The van der Waals surface area contributed by atoms with Crippen LogP contribution < -0.4 is 5.32 Å². The van der Waals surface area contributed by atoms with Crippen LogP contribution in [0.25, 0.3) is 0 Å². The lowest BCUT2D eigenvalue weighted by molar-refractivity contribution is 0.509. The predicted octanol–water partition coefficient (Wildman–Crippen LogP) is 3.95. The largest absolute Gasteiger partial charge is 0.305 e. The maximum Gasteiger partial charge on any atom is 0.0345 e. The summed E-state index contributed by atoms with van der Waals surface area (Å²) in [6, 6.07) is 8.99. The van der Waals surface area contributed by atoms with Crippen molar-refractivity contribution in [2.75, 3.05) is 6.54 Å². The number of hydrogen-bond acceptors (Lipinski definition) is 2. The minimum atomic E-state index is 0.406. The molecule has 0 saturated heterocycles. The van der Waals surface area contributed by atoms with Gasteiger partial charge in [-0.3, -0.25) is 0 Å². The second kappa shape index (κ2) is 5.26. The molecule has 1 heterocycles. The number of fused-ring (bicyclic) bond motifs is 1. The van der Waals surface area contributed by atoms with Crippen LogP contribution in [0.15, 0.2) is 40.8 Å². The first-order valence-electron chi connectivity index (χ1n) is 5.49. The van der Waals surface area contributed by atoms with Crippen LogP contribution >= 0.6 is 23.4 Å². The van der Waals surface area contributed by atoms with Crippen LogP contribution in [0.3, 0.4) is 0 Å². The van der Waals surface area contributed by atoms with Gasteiger partial charge in [0.2, 0.25) is 0 Å². The molecule has 1 aromatic carbocycles. The minimum absolute atomic E-state index is 0.406. The molecule has 0 saturated carbocycles. The number of hydrogen-bond donors (Lipinski definition) is 1. The lowest BCUT2D eigenvalue weighted by Crippen LogP contribution is -2.27. The molecule has 0 bridgehead atoms. The third kappa shape index (κ3) is 2.82. The molecule has 0 aliphatic carbocycles. The third-order valence-corrected chi connectivity index (χ3v) is 4.08. The molecule has 1 aliphatic heterocycles. The van der Waals surface area contributed by atoms with Crippen molar-refractivity contribution in [1.82, 2.24) is 5.32 Å². The molecule has 0 radical (unpaired) electrons. The molecule has 1 aliphatic rings. The van der Waals surface area contributed by atoms with Crippen molar-refractivity contribution in [3.05, 3.63) is 41.4 Å². The molecule has 2 unspecified atom stereocenters. The number of benzene rings is 1. The van der Waals surface area contributed by atoms with Crippen molar-refractivity contribution < 1.29 is 0 Å². The third-order valence-electron chi connectivity index (χ3n) is 2.73. The van der Waals surface area contributed by atoms with Gasteiger partial charge in [-0.05, 0) is 18.1 Å². The molecule has 2 rings (SSSR count). The van der Waals surface area contributed by atoms with Gasteiger partial charge in [-0.2, -0.15) is 0 Å². The van der Waals surface area contributed by atoms with Gasteiger partial charge in [0.1, 0.15) is 0 Å². The Morgan fingerprint density at radius 1 is 1.56 bits per heavy atom. The van der Waals surface area contributed by atoms with E-state index < -0.39 is 0 Å². The molecule has 1 aromatic rings. The van der Waals surface area contributed by atoms with Gasteiger partial charge in [0.05, 0.1) is 0 Å². The highest BCUT2D eigenvalue weighted by Gasteiger charge is 2.24. The van der Waals surface area contributed by atoms with E-state index in [2.05, 4.69) is 43.1 Å². The Kier molecular flexibility index (Phi) is 3.95. The molecule has 3 heteroatoms. The Morgan fingerprint density at radius 2 is 2.31 bits per heavy atom. The minimum Gasteiger partial charge on any atom is -0.305 e. The quantitative estimate of drug-likeness (QED) is 0.875. The van der Waals surface area contributed by atoms with Gasteiger partial charge < -0.3 is 5.32 Å². The number of nitrogens with one attached hydrogen (secondary N) is 1. The summed E-state index contributed by atoms with van der Waals surface area (Å²) in [7, 11) is 0. The lowest BCUT2D eigenvalue weighted by atomic mass is 10.0. The molecular formula is C13H16ClNS. The highest BCUT2D eigenvalue weighted by molar-refractivity contribution is 8.00. The Bertz CT molecular complexity index is 391. The first-order chi connectivity index (χ1) is 7.66. The first kappa shape index (κ1) is 12.0. The molecule has 1 nitrogen and oxygen atoms in total. The molecule has 0 aromatic heterocycles. The zero-order valence-corrected chi connectivity index (χ0v) is 10.9. The van der Waals surface area contributed by atoms with Crippen molar-refractivity contribution in [2.45, 2.75) is 29.5 Å². The van der Waals surface area contributed by atoms with Crippen LogP contribution in [0.2, 0.25) is 0 Å². The van der Waals surface area contributed by atoms with E-state index >= 15 is 0 Å². The van der Waals surface area contributed by atoms with E-state index in [0.717, 1.165) is 6.42 Å². The first-order valence-corrected chi connectivity index (χ1v) is 6.75. The summed E-state index contributed by atoms with van der Waals surface area (Å²) in [5, 5.41) is 4.78. The second-order valence-electron chi connectivity index (χ2n) is 4.15. The number of rotatable bonds is 3. The summed E-state index contributed by atoms with van der Waals surface area (Å²) >= 11 is 7.75. The average molecular weight is 254 g/mol. The van der Waals surface area contributed by atoms with E-state index in [-0.39, 0.29) is 0 Å². The normalized spacial score (nSPS) is 23.9. The van der Waals surface area contributed by atoms with Crippen molar-refractivity contribution in [3.8, 4) is 0 Å². The Balaban J connectivity index is 2.16. The monoisotopic (exact) mass is 253 g/mol. The summed E-state index contributed by atoms with van der Waals surface area (Å²) in [4.78, 5) is 1.39. The van der Waals surface area contributed by atoms with E-state index in [1.807, 2.05) is 11.8 Å². The molecule has 0 spiro atoms. The molecule has 1 N–H and O–H groups in total. The lowest BCUT2D eigenvalue weighted by Gasteiger charge is -2.29. The molecule has 2 atom stereocenters. The van der Waals surface area contributed by atoms with Gasteiger partial charge in [-0.25, -0.2) is 0 Å². The van der Waals surface area contributed by atoms with Crippen LogP contribution in [-0.2, 0) is 0 Å². The van der Waals surface area contributed by atoms with Crippen LogP contribution in [0.5, 0.6) is 0 Å². The van der Waals surface area contributed by atoms with Gasteiger partial charge in [0, 0.05) is 27.8 Å². The van der Waals surface area contributed by atoms with E-state index in [4.69, 9.17) is 11.6 Å². The fourth-order valence-electron chi connectivity index (χ4n) is 2.03. The van der Waals surface area contributed by atoms with Crippen LogP contribution in [0.4, 0.5) is 0 Å². The Hall–Kier alpha value is -0.440. The Labute approximate surface area is 106 Å². The van der Waals surface area contributed by atoms with E-state index in [1.54, 1.807) is 0 Å². The number of halogens is 1. The fourth-order valence-corrected chi connectivity index (χ4v) is 3.33. The molecule has 86 valence electrons. The van der Waals surface area contributed by atoms with Gasteiger partial charge in [-0.15, -0.1) is 11.8 Å². The highest BCUT2D eigenvalue weighted by Crippen LogP contribution is 2.40. The van der Waals surface area contributed by atoms with Gasteiger partial charge in [0.25, 0.3) is 0 Å². The summed E-state index contributed by atoms with van der Waals surface area (Å²) in [5.41, 5.74) is 1.39. The van der Waals surface area contributed by atoms with Crippen molar-refractivity contribution in [2.24, 2.45) is 0 Å².